The molecule has 0 atom stereocenters. The molecule has 3 heterocycles. The van der Waals surface area contributed by atoms with Gasteiger partial charge in [-0.15, -0.1) is 0 Å². The number of allylic oxidation sites excluding steroid dienone is 2. The van der Waals surface area contributed by atoms with Crippen LogP contribution in [0.5, 0.6) is 0 Å². The van der Waals surface area contributed by atoms with Gasteiger partial charge in [0.05, 0.1) is 11.4 Å². The maximum Gasteiger partial charge on any atom is 0.277 e. The fourth-order valence-electron chi connectivity index (χ4n) is 2.72. The van der Waals surface area contributed by atoms with Gasteiger partial charge in [0.15, 0.2) is 11.3 Å². The van der Waals surface area contributed by atoms with Gasteiger partial charge in [0.25, 0.3) is 5.91 Å². The number of benzene rings is 1. The first-order chi connectivity index (χ1) is 12.6. The van der Waals surface area contributed by atoms with E-state index in [2.05, 4.69) is 26.3 Å². The largest absolute Gasteiger partial charge is 0.307 e. The van der Waals surface area contributed by atoms with E-state index in [1.165, 1.54) is 10.6 Å². The van der Waals surface area contributed by atoms with E-state index in [0.717, 1.165) is 0 Å². The lowest BCUT2D eigenvalue weighted by atomic mass is 10.1. The van der Waals surface area contributed by atoms with Gasteiger partial charge in [-0.05, 0) is 43.3 Å². The van der Waals surface area contributed by atoms with Crippen LogP contribution in [0.2, 0.25) is 0 Å². The molecule has 3 N–H and O–H groups in total. The van der Waals surface area contributed by atoms with Crippen LogP contribution in [0, 0.1) is 12.7 Å². The van der Waals surface area contributed by atoms with Crippen LogP contribution in [-0.4, -0.2) is 20.5 Å². The fourth-order valence-corrected chi connectivity index (χ4v) is 2.72. The van der Waals surface area contributed by atoms with Gasteiger partial charge in [-0.3, -0.25) is 10.2 Å². The molecule has 1 aliphatic rings. The second-order valence-electron chi connectivity index (χ2n) is 5.68. The first-order valence-corrected chi connectivity index (χ1v) is 7.94. The standard InChI is InChI=1S/C18H15FN6O/c1-11-17(18(26)22-15-7-4-10-20-23-15)25-16(21-11)9-8-14(24-25)12-5-2-3-6-13(12)19/h2-10,20,23H,1H3,(H,22,26). The van der Waals surface area contributed by atoms with Gasteiger partial charge in [0.2, 0.25) is 0 Å². The number of nitrogens with one attached hydrogen (secondary N) is 3. The van der Waals surface area contributed by atoms with Gasteiger partial charge < -0.3 is 10.7 Å². The molecule has 0 unspecified atom stereocenters. The summed E-state index contributed by atoms with van der Waals surface area (Å²) in [5, 5.41) is 7.17. The highest BCUT2D eigenvalue weighted by Crippen LogP contribution is 2.21. The number of nitrogens with zero attached hydrogens (tertiary/aromatic N) is 3. The summed E-state index contributed by atoms with van der Waals surface area (Å²) < 4.78 is 15.5. The smallest absolute Gasteiger partial charge is 0.277 e. The zero-order valence-corrected chi connectivity index (χ0v) is 13.8. The Labute approximate surface area is 148 Å². The number of carbonyl (C=O) groups is 1. The van der Waals surface area contributed by atoms with Crippen molar-refractivity contribution in [1.29, 1.82) is 0 Å². The second kappa shape index (κ2) is 6.32. The number of hydrogen-bond acceptors (Lipinski definition) is 5. The van der Waals surface area contributed by atoms with Crippen molar-refractivity contribution in [2.45, 2.75) is 6.92 Å². The Morgan fingerprint density at radius 3 is 2.85 bits per heavy atom. The SMILES string of the molecule is Cc1nc2ccc(-c3ccccc3F)nn2c1C(=O)NC1=CC=CNN1. The Hall–Kier alpha value is -3.68. The van der Waals surface area contributed by atoms with Gasteiger partial charge >= 0.3 is 0 Å². The monoisotopic (exact) mass is 350 g/mol. The highest BCUT2D eigenvalue weighted by Gasteiger charge is 2.19. The van der Waals surface area contributed by atoms with Crippen molar-refractivity contribution >= 4 is 11.6 Å². The molecule has 130 valence electrons. The van der Waals surface area contributed by atoms with Gasteiger partial charge in [0.1, 0.15) is 11.6 Å². The Balaban J connectivity index is 1.77. The molecule has 4 rings (SSSR count). The van der Waals surface area contributed by atoms with Crippen LogP contribution >= 0.6 is 0 Å². The van der Waals surface area contributed by atoms with Crippen molar-refractivity contribution in [2.24, 2.45) is 0 Å². The highest BCUT2D eigenvalue weighted by molar-refractivity contribution is 5.95. The molecule has 1 aliphatic heterocycles. The number of hydrazine groups is 1. The van der Waals surface area contributed by atoms with E-state index in [9.17, 15) is 9.18 Å². The molecule has 2 aromatic heterocycles. The molecule has 26 heavy (non-hydrogen) atoms. The van der Waals surface area contributed by atoms with Crippen molar-refractivity contribution in [3.63, 3.8) is 0 Å². The van der Waals surface area contributed by atoms with E-state index in [-0.39, 0.29) is 17.4 Å². The fraction of sp³-hybridized carbons (Fsp3) is 0.0556. The minimum Gasteiger partial charge on any atom is -0.307 e. The van der Waals surface area contributed by atoms with E-state index in [1.807, 2.05) is 0 Å². The van der Waals surface area contributed by atoms with E-state index in [4.69, 9.17) is 0 Å². The molecule has 0 saturated heterocycles. The molecule has 0 saturated carbocycles. The lowest BCUT2D eigenvalue weighted by molar-refractivity contribution is 0.0955. The van der Waals surface area contributed by atoms with Crippen molar-refractivity contribution in [2.75, 3.05) is 0 Å². The topological polar surface area (TPSA) is 83.4 Å². The Kier molecular flexibility index (Phi) is 3.85. The molecule has 0 aliphatic carbocycles. The third kappa shape index (κ3) is 2.77. The van der Waals surface area contributed by atoms with Crippen LogP contribution in [0.3, 0.4) is 0 Å². The molecule has 1 amide bonds. The first-order valence-electron chi connectivity index (χ1n) is 7.94. The average Bonchev–Trinajstić information content (AvgIpc) is 2.98. The Morgan fingerprint density at radius 2 is 2.08 bits per heavy atom. The van der Waals surface area contributed by atoms with E-state index in [0.29, 0.717) is 28.4 Å². The van der Waals surface area contributed by atoms with E-state index < -0.39 is 0 Å². The quantitative estimate of drug-likeness (QED) is 0.673. The molecule has 7 nitrogen and oxygen atoms in total. The first kappa shape index (κ1) is 15.8. The molecule has 0 fully saturated rings. The number of aromatic nitrogens is 3. The second-order valence-corrected chi connectivity index (χ2v) is 5.68. The predicted octanol–water partition coefficient (Wildman–Crippen LogP) is 2.04. The summed E-state index contributed by atoms with van der Waals surface area (Å²) in [6, 6.07) is 9.75. The maximum absolute atomic E-state index is 14.1. The average molecular weight is 350 g/mol. The molecule has 8 heteroatoms. The number of fused-ring (bicyclic) bond motifs is 1. The number of hydrogen-bond donors (Lipinski definition) is 3. The minimum absolute atomic E-state index is 0.287. The molecular weight excluding hydrogens is 335 g/mol. The highest BCUT2D eigenvalue weighted by atomic mass is 19.1. The van der Waals surface area contributed by atoms with Crippen LogP contribution in [-0.2, 0) is 0 Å². The summed E-state index contributed by atoms with van der Waals surface area (Å²) in [4.78, 5) is 17.1. The van der Waals surface area contributed by atoms with Crippen LogP contribution in [0.4, 0.5) is 4.39 Å². The van der Waals surface area contributed by atoms with Crippen molar-refractivity contribution in [1.82, 2.24) is 30.8 Å². The Morgan fingerprint density at radius 1 is 1.23 bits per heavy atom. The van der Waals surface area contributed by atoms with Crippen molar-refractivity contribution < 1.29 is 9.18 Å². The summed E-state index contributed by atoms with van der Waals surface area (Å²) in [6.07, 6.45) is 5.16. The zero-order chi connectivity index (χ0) is 18.1. The number of aryl methyl sites for hydroxylation is 1. The Bertz CT molecular complexity index is 1070. The summed E-state index contributed by atoms with van der Waals surface area (Å²) in [6.45, 7) is 1.73. The minimum atomic E-state index is -0.378. The number of amides is 1. The summed E-state index contributed by atoms with van der Waals surface area (Å²) in [5.41, 5.74) is 7.70. The third-order valence-corrected chi connectivity index (χ3v) is 3.91. The van der Waals surface area contributed by atoms with Crippen LogP contribution in [0.25, 0.3) is 16.9 Å². The van der Waals surface area contributed by atoms with E-state index in [1.54, 1.807) is 55.6 Å². The van der Waals surface area contributed by atoms with Crippen LogP contribution in [0.15, 0.2) is 60.6 Å². The predicted molar refractivity (Wildman–Crippen MR) is 94.1 cm³/mol. The van der Waals surface area contributed by atoms with E-state index >= 15 is 0 Å². The van der Waals surface area contributed by atoms with Crippen molar-refractivity contribution in [3.8, 4) is 11.3 Å². The lowest BCUT2D eigenvalue weighted by Crippen LogP contribution is -2.39. The van der Waals surface area contributed by atoms with Gasteiger partial charge in [-0.1, -0.05) is 12.1 Å². The molecule has 0 spiro atoms. The number of rotatable bonds is 3. The number of imidazole rings is 1. The molecule has 1 aromatic carbocycles. The number of halogens is 1. The molecular formula is C18H15FN6O. The summed E-state index contributed by atoms with van der Waals surface area (Å²) in [5.74, 6) is -0.252. The molecule has 0 bridgehead atoms. The van der Waals surface area contributed by atoms with Gasteiger partial charge in [-0.25, -0.2) is 13.9 Å². The lowest BCUT2D eigenvalue weighted by Gasteiger charge is -2.14. The third-order valence-electron chi connectivity index (χ3n) is 3.91. The van der Waals surface area contributed by atoms with Gasteiger partial charge in [-0.2, -0.15) is 5.10 Å². The summed E-state index contributed by atoms with van der Waals surface area (Å²) >= 11 is 0. The summed E-state index contributed by atoms with van der Waals surface area (Å²) in [7, 11) is 0. The van der Waals surface area contributed by atoms with Crippen molar-refractivity contribution in [3.05, 3.63) is 77.8 Å². The number of carbonyl (C=O) groups excluding carboxylic acids is 1. The normalized spacial score (nSPS) is 13.1. The molecule has 3 aromatic rings. The van der Waals surface area contributed by atoms with Crippen LogP contribution < -0.4 is 16.2 Å². The zero-order valence-electron chi connectivity index (χ0n) is 13.8. The maximum atomic E-state index is 14.1. The molecule has 0 radical (unpaired) electrons. The van der Waals surface area contributed by atoms with Crippen LogP contribution in [0.1, 0.15) is 16.2 Å². The van der Waals surface area contributed by atoms with Gasteiger partial charge in [0, 0.05) is 11.8 Å².